The first-order valence-corrected chi connectivity index (χ1v) is 10.7. The highest BCUT2D eigenvalue weighted by molar-refractivity contribution is 6.04. The van der Waals surface area contributed by atoms with E-state index in [4.69, 9.17) is 9.47 Å². The summed E-state index contributed by atoms with van der Waals surface area (Å²) in [7, 11) is 0. The van der Waals surface area contributed by atoms with Crippen molar-refractivity contribution in [3.05, 3.63) is 11.5 Å². The fourth-order valence-corrected chi connectivity index (χ4v) is 3.88. The van der Waals surface area contributed by atoms with Gasteiger partial charge in [-0.05, 0) is 25.7 Å². The Balaban J connectivity index is 3.73. The summed E-state index contributed by atoms with van der Waals surface area (Å²) < 4.78 is 10.4. The van der Waals surface area contributed by atoms with E-state index >= 15 is 0 Å². The number of aliphatic hydroxyl groups is 4. The van der Waals surface area contributed by atoms with Gasteiger partial charge in [-0.1, -0.05) is 46.5 Å². The van der Waals surface area contributed by atoms with E-state index in [0.717, 1.165) is 12.8 Å². The quantitative estimate of drug-likeness (QED) is 0.106. The zero-order chi connectivity index (χ0) is 23.8. The van der Waals surface area contributed by atoms with Gasteiger partial charge in [-0.25, -0.2) is 10.1 Å². The van der Waals surface area contributed by atoms with E-state index < -0.39 is 53.3 Å². The lowest BCUT2D eigenvalue weighted by atomic mass is 9.69. The predicted molar refractivity (Wildman–Crippen MR) is 108 cm³/mol. The molecule has 10 nitrogen and oxygen atoms in total. The molecule has 1 aliphatic heterocycles. The van der Waals surface area contributed by atoms with Crippen molar-refractivity contribution < 1.29 is 49.6 Å². The van der Waals surface area contributed by atoms with Gasteiger partial charge in [0.2, 0.25) is 11.5 Å². The van der Waals surface area contributed by atoms with Gasteiger partial charge in [0.25, 0.3) is 11.4 Å². The normalized spacial score (nSPS) is 22.8. The van der Waals surface area contributed by atoms with Gasteiger partial charge in [-0.15, -0.1) is 0 Å². The van der Waals surface area contributed by atoms with Gasteiger partial charge in [-0.2, -0.15) is 0 Å². The standard InChI is InChI=1S/C21H36O10/c1-5-7-8-9-10-20(27,15(24)11-13(3)4)21(17(25)14(23)12-22)18(31-28)16(29-6-2)19(26)30-21/h13-15,22-24,27-28H,5-12H2,1-4H3/t14?,15?,20-,21-/m0/s1. The van der Waals surface area contributed by atoms with Gasteiger partial charge in [0.15, 0.2) is 0 Å². The molecule has 5 N–H and O–H groups in total. The molecule has 10 heteroatoms. The van der Waals surface area contributed by atoms with Crippen LogP contribution in [0.25, 0.3) is 0 Å². The molecule has 0 fully saturated rings. The minimum absolute atomic E-state index is 0.00869. The van der Waals surface area contributed by atoms with E-state index in [1.54, 1.807) is 13.8 Å². The van der Waals surface area contributed by atoms with Crippen molar-refractivity contribution in [2.24, 2.45) is 5.92 Å². The second-order valence-electron chi connectivity index (χ2n) is 8.20. The third kappa shape index (κ3) is 5.38. The van der Waals surface area contributed by atoms with Crippen molar-refractivity contribution >= 4 is 11.8 Å². The minimum atomic E-state index is -2.81. The molecule has 0 aromatic rings. The van der Waals surface area contributed by atoms with Gasteiger partial charge in [0.05, 0.1) is 19.3 Å². The third-order valence-electron chi connectivity index (χ3n) is 5.43. The zero-order valence-electron chi connectivity index (χ0n) is 18.7. The maximum absolute atomic E-state index is 13.2. The average Bonchev–Trinajstić information content (AvgIpc) is 3.02. The molecular weight excluding hydrogens is 412 g/mol. The van der Waals surface area contributed by atoms with E-state index in [-0.39, 0.29) is 25.4 Å². The second kappa shape index (κ2) is 11.8. The number of Topliss-reactive ketones (excluding diaryl/α,β-unsaturated/α-hetero) is 1. The van der Waals surface area contributed by atoms with E-state index in [0.29, 0.717) is 12.8 Å². The smallest absolute Gasteiger partial charge is 0.379 e. The molecule has 0 aliphatic carbocycles. The Morgan fingerprint density at radius 3 is 2.32 bits per heavy atom. The van der Waals surface area contributed by atoms with Crippen LogP contribution in [0.15, 0.2) is 11.5 Å². The Morgan fingerprint density at radius 1 is 1.19 bits per heavy atom. The molecule has 180 valence electrons. The molecule has 0 radical (unpaired) electrons. The summed E-state index contributed by atoms with van der Waals surface area (Å²) in [6, 6.07) is 0. The Bertz CT molecular complexity index is 646. The number of aliphatic hydroxyl groups excluding tert-OH is 3. The fraction of sp³-hybridized carbons (Fsp3) is 0.810. The van der Waals surface area contributed by atoms with E-state index in [9.17, 15) is 35.3 Å². The molecule has 4 atom stereocenters. The number of esters is 1. The van der Waals surface area contributed by atoms with Crippen molar-refractivity contribution in [2.45, 2.75) is 89.6 Å². The minimum Gasteiger partial charge on any atom is -0.484 e. The van der Waals surface area contributed by atoms with Gasteiger partial charge in [-0.3, -0.25) is 4.79 Å². The largest absolute Gasteiger partial charge is 0.484 e. The van der Waals surface area contributed by atoms with Gasteiger partial charge in [0, 0.05) is 0 Å². The van der Waals surface area contributed by atoms with Crippen LogP contribution in [-0.2, 0) is 24.0 Å². The molecule has 1 heterocycles. The van der Waals surface area contributed by atoms with Crippen LogP contribution in [0.2, 0.25) is 0 Å². The van der Waals surface area contributed by atoms with E-state index in [2.05, 4.69) is 4.89 Å². The number of unbranched alkanes of at least 4 members (excludes halogenated alkanes) is 3. The highest BCUT2D eigenvalue weighted by Crippen LogP contribution is 2.48. The second-order valence-corrected chi connectivity index (χ2v) is 8.20. The number of ketones is 1. The lowest BCUT2D eigenvalue weighted by molar-refractivity contribution is -0.263. The summed E-state index contributed by atoms with van der Waals surface area (Å²) in [4.78, 5) is 30.1. The molecule has 0 aromatic heterocycles. The number of hydrogen-bond donors (Lipinski definition) is 5. The summed E-state index contributed by atoms with van der Waals surface area (Å²) in [6.45, 7) is 5.97. The number of hydrogen-bond acceptors (Lipinski definition) is 10. The molecule has 0 aromatic carbocycles. The van der Waals surface area contributed by atoms with Crippen molar-refractivity contribution in [3.63, 3.8) is 0 Å². The summed E-state index contributed by atoms with van der Waals surface area (Å²) in [6.07, 6.45) is -1.22. The number of carbonyl (C=O) groups is 2. The van der Waals surface area contributed by atoms with Crippen LogP contribution in [-0.4, -0.2) is 74.1 Å². The molecule has 0 saturated heterocycles. The first-order chi connectivity index (χ1) is 14.6. The van der Waals surface area contributed by atoms with Crippen molar-refractivity contribution in [1.29, 1.82) is 0 Å². The lowest BCUT2D eigenvalue weighted by Gasteiger charge is -2.45. The van der Waals surface area contributed by atoms with Crippen molar-refractivity contribution in [1.82, 2.24) is 0 Å². The van der Waals surface area contributed by atoms with Crippen LogP contribution >= 0.6 is 0 Å². The first-order valence-electron chi connectivity index (χ1n) is 10.7. The maximum atomic E-state index is 13.2. The SMILES string of the molecule is CCCCCC[C@](O)(C(O)CC(C)C)[C@@]1(C(=O)C(O)CO)OC(=O)C(OCC)=C1OO. The van der Waals surface area contributed by atoms with Gasteiger partial charge >= 0.3 is 5.97 Å². The number of rotatable bonds is 15. The molecule has 0 bridgehead atoms. The number of ether oxygens (including phenoxy) is 2. The molecule has 0 spiro atoms. The van der Waals surface area contributed by atoms with Gasteiger partial charge < -0.3 is 34.8 Å². The van der Waals surface area contributed by atoms with Crippen LogP contribution in [0.5, 0.6) is 0 Å². The molecule has 31 heavy (non-hydrogen) atoms. The maximum Gasteiger partial charge on any atom is 0.379 e. The number of carbonyl (C=O) groups excluding carboxylic acids is 2. The van der Waals surface area contributed by atoms with Crippen molar-refractivity contribution in [2.75, 3.05) is 13.2 Å². The van der Waals surface area contributed by atoms with E-state index in [1.165, 1.54) is 6.92 Å². The van der Waals surface area contributed by atoms with Crippen LogP contribution in [0.4, 0.5) is 0 Å². The third-order valence-corrected chi connectivity index (χ3v) is 5.43. The molecule has 1 rings (SSSR count). The lowest BCUT2D eigenvalue weighted by Crippen LogP contribution is -2.69. The summed E-state index contributed by atoms with van der Waals surface area (Å²) in [5.74, 6) is -4.21. The van der Waals surface area contributed by atoms with Gasteiger partial charge in [0.1, 0.15) is 11.7 Å². The highest BCUT2D eigenvalue weighted by atomic mass is 17.1. The monoisotopic (exact) mass is 448 g/mol. The average molecular weight is 449 g/mol. The Morgan fingerprint density at radius 2 is 1.84 bits per heavy atom. The van der Waals surface area contributed by atoms with Crippen LogP contribution in [0.1, 0.15) is 66.2 Å². The summed E-state index contributed by atoms with van der Waals surface area (Å²) in [5.41, 5.74) is -5.29. The highest BCUT2D eigenvalue weighted by Gasteiger charge is 2.71. The molecule has 1 aliphatic rings. The van der Waals surface area contributed by atoms with Crippen molar-refractivity contribution in [3.8, 4) is 0 Å². The van der Waals surface area contributed by atoms with Crippen LogP contribution in [0.3, 0.4) is 0 Å². The number of cyclic esters (lactones) is 1. The summed E-state index contributed by atoms with van der Waals surface area (Å²) >= 11 is 0. The first kappa shape index (κ1) is 27.3. The fourth-order valence-electron chi connectivity index (χ4n) is 3.88. The Labute approximate surface area is 182 Å². The molecule has 0 amide bonds. The molecule has 0 saturated carbocycles. The molecular formula is C21H36O10. The Kier molecular flexibility index (Phi) is 10.4. The predicted octanol–water partition coefficient (Wildman–Crippen LogP) is 1.05. The Hall–Kier alpha value is -1.72. The zero-order valence-corrected chi connectivity index (χ0v) is 18.7. The summed E-state index contributed by atoms with van der Waals surface area (Å²) in [5, 5.41) is 51.9. The van der Waals surface area contributed by atoms with E-state index in [1.807, 2.05) is 6.92 Å². The molecule has 2 unspecified atom stereocenters. The van der Waals surface area contributed by atoms with Crippen LogP contribution in [0, 0.1) is 5.92 Å². The van der Waals surface area contributed by atoms with Crippen LogP contribution < -0.4 is 0 Å². The topological polar surface area (TPSA) is 163 Å².